The van der Waals surface area contributed by atoms with Crippen LogP contribution >= 0.6 is 94.1 Å². The Kier molecular flexibility index (Phi) is 16.9. The van der Waals surface area contributed by atoms with Crippen molar-refractivity contribution in [3.63, 3.8) is 0 Å². The minimum atomic E-state index is -0.620. The molecule has 0 bridgehead atoms. The Morgan fingerprint density at radius 1 is 0.548 bits per heavy atom. The number of ether oxygens (including phenoxy) is 2. The second kappa shape index (κ2) is 19.5. The van der Waals surface area contributed by atoms with E-state index in [4.69, 9.17) is 9.47 Å². The van der Waals surface area contributed by atoms with Gasteiger partial charge in [0, 0.05) is 56.7 Å². The smallest absolute Gasteiger partial charge is 0.123 e. The molecule has 0 amide bonds. The van der Waals surface area contributed by atoms with Crippen LogP contribution in [0.3, 0.4) is 0 Å². The number of hydrogen-bond donors (Lipinski definition) is 2. The van der Waals surface area contributed by atoms with Crippen molar-refractivity contribution >= 4 is 94.1 Å². The molecule has 0 saturated heterocycles. The summed E-state index contributed by atoms with van der Waals surface area (Å²) >= 11 is 13.8. The maximum Gasteiger partial charge on any atom is 0.123 e. The third-order valence-electron chi connectivity index (χ3n) is 5.87. The Morgan fingerprint density at radius 3 is 1.21 bits per heavy atom. The molecule has 3 aromatic carbocycles. The number of hydrogen-bond acceptors (Lipinski definition) is 12. The van der Waals surface area contributed by atoms with Crippen LogP contribution in [0.4, 0.5) is 0 Å². The average molecular weight is 719 g/mol. The highest BCUT2D eigenvalue weighted by Crippen LogP contribution is 2.41. The number of benzene rings is 3. The fourth-order valence-electron chi connectivity index (χ4n) is 3.73. The average Bonchev–Trinajstić information content (AvgIpc) is 3.03. The van der Waals surface area contributed by atoms with Crippen LogP contribution < -0.4 is 9.47 Å². The largest absolute Gasteiger partial charge is 0.491 e. The molecule has 0 aliphatic heterocycles. The van der Waals surface area contributed by atoms with Crippen molar-refractivity contribution in [2.45, 2.75) is 51.4 Å². The first-order valence-corrected chi connectivity index (χ1v) is 22.2. The molecule has 4 nitrogen and oxygen atoms in total. The van der Waals surface area contributed by atoms with E-state index in [1.165, 1.54) is 39.2 Å². The van der Waals surface area contributed by atoms with Gasteiger partial charge in [0.05, 0.1) is 12.2 Å². The van der Waals surface area contributed by atoms with Gasteiger partial charge in [0.25, 0.3) is 0 Å². The van der Waals surface area contributed by atoms with Gasteiger partial charge in [-0.3, -0.25) is 0 Å². The van der Waals surface area contributed by atoms with Crippen molar-refractivity contribution in [1.82, 2.24) is 0 Å². The highest BCUT2D eigenvalue weighted by Gasteiger charge is 2.16. The SMILES string of the molecule is CSc1cc(SC)c(SCC(O)COc2cccc(OCC(O)CSc3c(SC)cc(SC)cc3SC)c2)c(SC)c1. The van der Waals surface area contributed by atoms with Crippen LogP contribution in [0.2, 0.25) is 0 Å². The van der Waals surface area contributed by atoms with E-state index in [-0.39, 0.29) is 13.2 Å². The first-order valence-electron chi connectivity index (χ1n) is 12.9. The lowest BCUT2D eigenvalue weighted by molar-refractivity contribution is 0.122. The molecule has 3 aromatic rings. The molecule has 0 aliphatic carbocycles. The third kappa shape index (κ3) is 11.1. The molecule has 0 heterocycles. The minimum absolute atomic E-state index is 0.187. The van der Waals surface area contributed by atoms with Crippen LogP contribution in [0.15, 0.2) is 87.7 Å². The Bertz CT molecular complexity index is 1130. The van der Waals surface area contributed by atoms with Crippen molar-refractivity contribution in [2.24, 2.45) is 0 Å². The summed E-state index contributed by atoms with van der Waals surface area (Å²) < 4.78 is 11.8. The molecule has 12 heteroatoms. The van der Waals surface area contributed by atoms with Gasteiger partial charge in [0.1, 0.15) is 24.7 Å². The molecule has 2 N–H and O–H groups in total. The summed E-state index contributed by atoms with van der Waals surface area (Å²) in [7, 11) is 0. The molecular weight excluding hydrogens is 681 g/mol. The van der Waals surface area contributed by atoms with E-state index in [2.05, 4.69) is 61.8 Å². The lowest BCUT2D eigenvalue weighted by Crippen LogP contribution is -2.21. The molecule has 42 heavy (non-hydrogen) atoms. The van der Waals surface area contributed by atoms with Gasteiger partial charge in [-0.25, -0.2) is 0 Å². The van der Waals surface area contributed by atoms with E-state index in [1.807, 2.05) is 18.2 Å². The normalized spacial score (nSPS) is 12.8. The Balaban J connectivity index is 1.49. The standard InChI is InChI=1S/C30H38O4S8/c1-35-23-11-25(37-3)29(26(12-23)38-4)41-17-19(31)15-33-21-8-7-9-22(10-21)34-16-20(32)18-42-30-27(39-5)13-24(36-2)14-28(30)40-6/h7-14,19-20,31-32H,15-18H2,1-6H3. The third-order valence-corrected chi connectivity index (χ3v) is 13.4. The molecule has 0 radical (unpaired) electrons. The van der Waals surface area contributed by atoms with Gasteiger partial charge in [-0.05, 0) is 73.9 Å². The van der Waals surface area contributed by atoms with Gasteiger partial charge >= 0.3 is 0 Å². The molecule has 0 spiro atoms. The van der Waals surface area contributed by atoms with E-state index in [0.717, 1.165) is 0 Å². The molecule has 2 atom stereocenters. The monoisotopic (exact) mass is 718 g/mol. The highest BCUT2D eigenvalue weighted by atomic mass is 32.2. The van der Waals surface area contributed by atoms with Gasteiger partial charge in [0.15, 0.2) is 0 Å². The summed E-state index contributed by atoms with van der Waals surface area (Å²) in [6.45, 7) is 0.374. The topological polar surface area (TPSA) is 58.9 Å². The molecule has 3 rings (SSSR count). The fourth-order valence-corrected chi connectivity index (χ4v) is 10.7. The summed E-state index contributed by atoms with van der Waals surface area (Å²) in [6.07, 6.45) is 11.3. The van der Waals surface area contributed by atoms with Crippen molar-refractivity contribution in [3.8, 4) is 11.5 Å². The predicted molar refractivity (Wildman–Crippen MR) is 194 cm³/mol. The van der Waals surface area contributed by atoms with E-state index in [0.29, 0.717) is 23.0 Å². The second-order valence-electron chi connectivity index (χ2n) is 8.75. The molecule has 2 unspecified atom stereocenters. The Labute approximate surface area is 285 Å². The molecule has 0 fully saturated rings. The van der Waals surface area contributed by atoms with Crippen molar-refractivity contribution in [1.29, 1.82) is 0 Å². The summed E-state index contributed by atoms with van der Waals surface area (Å²) in [5.41, 5.74) is 0. The van der Waals surface area contributed by atoms with E-state index in [9.17, 15) is 10.2 Å². The van der Waals surface area contributed by atoms with Crippen LogP contribution in [0.5, 0.6) is 11.5 Å². The molecule has 0 saturated carbocycles. The second-order valence-corrected chi connectivity index (χ2v) is 16.0. The van der Waals surface area contributed by atoms with Gasteiger partial charge < -0.3 is 19.7 Å². The first-order chi connectivity index (χ1) is 20.3. The zero-order valence-electron chi connectivity index (χ0n) is 24.6. The van der Waals surface area contributed by atoms with Crippen LogP contribution in [0, 0.1) is 0 Å². The Hall–Kier alpha value is -0.0200. The van der Waals surface area contributed by atoms with Crippen LogP contribution in [0.25, 0.3) is 0 Å². The maximum absolute atomic E-state index is 10.7. The van der Waals surface area contributed by atoms with E-state index >= 15 is 0 Å². The minimum Gasteiger partial charge on any atom is -0.491 e. The molecular formula is C30H38O4S8. The number of thioether (sulfide) groups is 8. The van der Waals surface area contributed by atoms with Gasteiger partial charge in [0.2, 0.25) is 0 Å². The Morgan fingerprint density at radius 2 is 0.905 bits per heavy atom. The summed E-state index contributed by atoms with van der Waals surface area (Å²) in [5, 5.41) is 21.3. The molecule has 0 aromatic heterocycles. The van der Waals surface area contributed by atoms with Crippen LogP contribution in [0.1, 0.15) is 0 Å². The van der Waals surface area contributed by atoms with Gasteiger partial charge in [-0.15, -0.1) is 94.1 Å². The predicted octanol–water partition coefficient (Wildman–Crippen LogP) is 9.08. The highest BCUT2D eigenvalue weighted by molar-refractivity contribution is 8.04. The number of rotatable bonds is 18. The van der Waals surface area contributed by atoms with E-state index in [1.54, 1.807) is 100 Å². The van der Waals surface area contributed by atoms with Crippen molar-refractivity contribution in [3.05, 3.63) is 48.5 Å². The maximum atomic E-state index is 10.7. The lowest BCUT2D eigenvalue weighted by atomic mass is 10.3. The quantitative estimate of drug-likeness (QED) is 0.123. The van der Waals surface area contributed by atoms with Crippen LogP contribution in [-0.2, 0) is 0 Å². The van der Waals surface area contributed by atoms with Gasteiger partial charge in [-0.1, -0.05) is 6.07 Å². The molecule has 230 valence electrons. The van der Waals surface area contributed by atoms with Gasteiger partial charge in [-0.2, -0.15) is 0 Å². The number of aliphatic hydroxyl groups is 2. The van der Waals surface area contributed by atoms with Crippen molar-refractivity contribution < 1.29 is 19.7 Å². The zero-order valence-corrected chi connectivity index (χ0v) is 31.1. The summed E-state index contributed by atoms with van der Waals surface area (Å²) in [5.74, 6) is 2.33. The summed E-state index contributed by atoms with van der Waals surface area (Å²) in [4.78, 5) is 9.86. The van der Waals surface area contributed by atoms with E-state index < -0.39 is 12.2 Å². The fraction of sp³-hybridized carbons (Fsp3) is 0.400. The van der Waals surface area contributed by atoms with Crippen LogP contribution in [-0.4, -0.2) is 84.7 Å². The summed E-state index contributed by atoms with van der Waals surface area (Å²) in [6, 6.07) is 16.2. The number of aliphatic hydroxyl groups excluding tert-OH is 2. The lowest BCUT2D eigenvalue weighted by Gasteiger charge is -2.17. The zero-order chi connectivity index (χ0) is 30.5. The van der Waals surface area contributed by atoms with Crippen molar-refractivity contribution in [2.75, 3.05) is 62.3 Å². The molecule has 0 aliphatic rings. The first kappa shape index (κ1) is 36.4.